The SMILES string of the molecule is COC(=O)c1ccc(Nc2cc(-c3ccccc3)nc(NC(C)(C)C)n2)cc1OC. The van der Waals surface area contributed by atoms with Crippen molar-refractivity contribution in [1.82, 2.24) is 9.97 Å². The Morgan fingerprint density at radius 3 is 2.33 bits per heavy atom. The average molecular weight is 406 g/mol. The third kappa shape index (κ3) is 5.26. The Labute approximate surface area is 176 Å². The van der Waals surface area contributed by atoms with Gasteiger partial charge in [0.25, 0.3) is 0 Å². The molecule has 3 rings (SSSR count). The summed E-state index contributed by atoms with van der Waals surface area (Å²) >= 11 is 0. The molecule has 2 N–H and O–H groups in total. The van der Waals surface area contributed by atoms with E-state index in [1.54, 1.807) is 18.2 Å². The van der Waals surface area contributed by atoms with Crippen LogP contribution >= 0.6 is 0 Å². The van der Waals surface area contributed by atoms with Gasteiger partial charge in [0, 0.05) is 28.9 Å². The molecular formula is C23H26N4O3. The summed E-state index contributed by atoms with van der Waals surface area (Å²) in [5.41, 5.74) is 2.65. The first-order valence-corrected chi connectivity index (χ1v) is 9.55. The second-order valence-corrected chi connectivity index (χ2v) is 7.73. The number of nitrogens with zero attached hydrogens (tertiary/aromatic N) is 2. The molecule has 7 heteroatoms. The van der Waals surface area contributed by atoms with E-state index in [-0.39, 0.29) is 5.54 Å². The van der Waals surface area contributed by atoms with Gasteiger partial charge in [0.2, 0.25) is 5.95 Å². The maximum atomic E-state index is 11.9. The van der Waals surface area contributed by atoms with Crippen molar-refractivity contribution in [2.75, 3.05) is 24.9 Å². The van der Waals surface area contributed by atoms with Crippen molar-refractivity contribution in [3.63, 3.8) is 0 Å². The highest BCUT2D eigenvalue weighted by atomic mass is 16.5. The summed E-state index contributed by atoms with van der Waals surface area (Å²) in [4.78, 5) is 21.2. The van der Waals surface area contributed by atoms with Crippen molar-refractivity contribution in [3.05, 3.63) is 60.2 Å². The molecule has 0 saturated heterocycles. The molecule has 3 aromatic rings. The number of rotatable bonds is 6. The molecule has 0 radical (unpaired) electrons. The molecule has 0 fully saturated rings. The molecule has 1 aromatic heterocycles. The minimum absolute atomic E-state index is 0.196. The first-order chi connectivity index (χ1) is 14.3. The summed E-state index contributed by atoms with van der Waals surface area (Å²) in [5, 5.41) is 6.60. The lowest BCUT2D eigenvalue weighted by atomic mass is 10.1. The molecule has 0 aliphatic rings. The molecule has 0 bridgehead atoms. The van der Waals surface area contributed by atoms with Gasteiger partial charge in [0.1, 0.15) is 17.1 Å². The van der Waals surface area contributed by atoms with Crippen LogP contribution in [0.3, 0.4) is 0 Å². The van der Waals surface area contributed by atoms with Crippen molar-refractivity contribution in [2.24, 2.45) is 0 Å². The van der Waals surface area contributed by atoms with Crippen molar-refractivity contribution in [2.45, 2.75) is 26.3 Å². The maximum Gasteiger partial charge on any atom is 0.341 e. The van der Waals surface area contributed by atoms with E-state index in [0.717, 1.165) is 16.9 Å². The second kappa shape index (κ2) is 8.82. The summed E-state index contributed by atoms with van der Waals surface area (Å²) in [6.45, 7) is 6.15. The largest absolute Gasteiger partial charge is 0.496 e. The van der Waals surface area contributed by atoms with Crippen LogP contribution in [0.5, 0.6) is 5.75 Å². The Morgan fingerprint density at radius 2 is 1.70 bits per heavy atom. The van der Waals surface area contributed by atoms with Crippen LogP contribution in [-0.2, 0) is 4.74 Å². The number of aromatic nitrogens is 2. The van der Waals surface area contributed by atoms with Crippen LogP contribution in [0.25, 0.3) is 11.3 Å². The maximum absolute atomic E-state index is 11.9. The molecule has 0 amide bonds. The summed E-state index contributed by atoms with van der Waals surface area (Å²) in [6, 6.07) is 16.9. The molecule has 0 atom stereocenters. The predicted octanol–water partition coefficient (Wildman–Crippen LogP) is 4.89. The molecule has 0 aliphatic carbocycles. The fraction of sp³-hybridized carbons (Fsp3) is 0.261. The molecular weight excluding hydrogens is 380 g/mol. The molecule has 30 heavy (non-hydrogen) atoms. The zero-order valence-corrected chi connectivity index (χ0v) is 17.8. The van der Waals surface area contributed by atoms with Gasteiger partial charge in [-0.25, -0.2) is 9.78 Å². The highest BCUT2D eigenvalue weighted by Gasteiger charge is 2.16. The Kier molecular flexibility index (Phi) is 6.20. The van der Waals surface area contributed by atoms with Gasteiger partial charge in [-0.1, -0.05) is 30.3 Å². The molecule has 0 saturated carbocycles. The van der Waals surface area contributed by atoms with Crippen molar-refractivity contribution < 1.29 is 14.3 Å². The van der Waals surface area contributed by atoms with Crippen molar-refractivity contribution in [3.8, 4) is 17.0 Å². The van der Waals surface area contributed by atoms with E-state index in [9.17, 15) is 4.79 Å². The lowest BCUT2D eigenvalue weighted by molar-refractivity contribution is 0.0597. The number of carbonyl (C=O) groups is 1. The standard InChI is InChI=1S/C23H26N4O3/c1-23(2,3)27-22-25-18(15-9-7-6-8-10-15)14-20(26-22)24-16-11-12-17(21(28)30-5)19(13-16)29-4/h6-14H,1-5H3,(H2,24,25,26,27). The van der Waals surface area contributed by atoms with Crippen LogP contribution in [0.1, 0.15) is 31.1 Å². The average Bonchev–Trinajstić information content (AvgIpc) is 2.72. The summed E-state index contributed by atoms with van der Waals surface area (Å²) in [6.07, 6.45) is 0. The number of nitrogens with one attached hydrogen (secondary N) is 2. The van der Waals surface area contributed by atoms with E-state index >= 15 is 0 Å². The highest BCUT2D eigenvalue weighted by Crippen LogP contribution is 2.28. The zero-order valence-electron chi connectivity index (χ0n) is 17.8. The Balaban J connectivity index is 1.98. The van der Waals surface area contributed by atoms with Crippen molar-refractivity contribution >= 4 is 23.4 Å². The molecule has 156 valence electrons. The topological polar surface area (TPSA) is 85.4 Å². The van der Waals surface area contributed by atoms with Crippen LogP contribution in [0.15, 0.2) is 54.6 Å². The first-order valence-electron chi connectivity index (χ1n) is 9.55. The summed E-state index contributed by atoms with van der Waals surface area (Å²) < 4.78 is 10.1. The van der Waals surface area contributed by atoms with Crippen molar-refractivity contribution in [1.29, 1.82) is 0 Å². The number of benzene rings is 2. The summed E-state index contributed by atoms with van der Waals surface area (Å²) in [5.74, 6) is 1.09. The van der Waals surface area contributed by atoms with Crippen LogP contribution in [0.2, 0.25) is 0 Å². The van der Waals surface area contributed by atoms with Gasteiger partial charge in [0.05, 0.1) is 19.9 Å². The van der Waals surface area contributed by atoms with Gasteiger partial charge in [-0.05, 0) is 32.9 Å². The Morgan fingerprint density at radius 1 is 0.967 bits per heavy atom. The quantitative estimate of drug-likeness (QED) is 0.564. The van der Waals surface area contributed by atoms with Gasteiger partial charge in [-0.15, -0.1) is 0 Å². The third-order valence-electron chi connectivity index (χ3n) is 4.16. The van der Waals surface area contributed by atoms with E-state index in [1.165, 1.54) is 14.2 Å². The van der Waals surface area contributed by atoms with Crippen LogP contribution < -0.4 is 15.4 Å². The second-order valence-electron chi connectivity index (χ2n) is 7.73. The summed E-state index contributed by atoms with van der Waals surface area (Å²) in [7, 11) is 2.85. The lowest BCUT2D eigenvalue weighted by Gasteiger charge is -2.21. The molecule has 0 unspecified atom stereocenters. The number of methoxy groups -OCH3 is 2. The van der Waals surface area contributed by atoms with Gasteiger partial charge in [0.15, 0.2) is 0 Å². The number of esters is 1. The molecule has 7 nitrogen and oxygen atoms in total. The number of anilines is 3. The number of hydrogen-bond donors (Lipinski definition) is 2. The van der Waals surface area contributed by atoms with Gasteiger partial charge >= 0.3 is 5.97 Å². The first kappa shape index (κ1) is 21.1. The zero-order chi connectivity index (χ0) is 21.7. The van der Waals surface area contributed by atoms with E-state index in [1.807, 2.05) is 36.4 Å². The van der Waals surface area contributed by atoms with Crippen LogP contribution in [0, 0.1) is 0 Å². The predicted molar refractivity (Wildman–Crippen MR) is 118 cm³/mol. The smallest absolute Gasteiger partial charge is 0.341 e. The number of hydrogen-bond acceptors (Lipinski definition) is 7. The van der Waals surface area contributed by atoms with E-state index in [4.69, 9.17) is 9.47 Å². The van der Waals surface area contributed by atoms with Crippen LogP contribution in [-0.4, -0.2) is 35.7 Å². The molecule has 2 aromatic carbocycles. The third-order valence-corrected chi connectivity index (χ3v) is 4.16. The van der Waals surface area contributed by atoms with E-state index in [0.29, 0.717) is 23.1 Å². The highest BCUT2D eigenvalue weighted by molar-refractivity contribution is 5.93. The molecule has 0 aliphatic heterocycles. The Bertz CT molecular complexity index is 1030. The fourth-order valence-corrected chi connectivity index (χ4v) is 2.85. The molecule has 1 heterocycles. The van der Waals surface area contributed by atoms with E-state index < -0.39 is 5.97 Å². The fourth-order valence-electron chi connectivity index (χ4n) is 2.85. The van der Waals surface area contributed by atoms with E-state index in [2.05, 4.69) is 41.4 Å². The van der Waals surface area contributed by atoms with Gasteiger partial charge in [-0.2, -0.15) is 4.98 Å². The normalized spacial score (nSPS) is 11.0. The van der Waals surface area contributed by atoms with Gasteiger partial charge < -0.3 is 20.1 Å². The Hall–Kier alpha value is -3.61. The number of carbonyl (C=O) groups excluding carboxylic acids is 1. The minimum atomic E-state index is -0.455. The van der Waals surface area contributed by atoms with Gasteiger partial charge in [-0.3, -0.25) is 0 Å². The minimum Gasteiger partial charge on any atom is -0.496 e. The monoisotopic (exact) mass is 406 g/mol. The molecule has 0 spiro atoms. The van der Waals surface area contributed by atoms with Crippen LogP contribution in [0.4, 0.5) is 17.5 Å². The lowest BCUT2D eigenvalue weighted by Crippen LogP contribution is -2.27. The number of ether oxygens (including phenoxy) is 2.